The van der Waals surface area contributed by atoms with Crippen LogP contribution in [0, 0.1) is 11.8 Å². The quantitative estimate of drug-likeness (QED) is 0.478. The molecule has 0 aromatic carbocycles. The molecule has 0 bridgehead atoms. The average Bonchev–Trinajstić information content (AvgIpc) is 1.93. The second-order valence-electron chi connectivity index (χ2n) is 3.83. The van der Waals surface area contributed by atoms with Gasteiger partial charge in [0, 0.05) is 5.92 Å². The zero-order valence-electron chi connectivity index (χ0n) is 7.68. The van der Waals surface area contributed by atoms with Gasteiger partial charge in [0.1, 0.15) is 0 Å². The number of unbranched alkanes of at least 4 members (excludes halogenated alkanes) is 2. The Hall–Kier alpha value is -0.0400. The first-order valence-corrected chi connectivity index (χ1v) is 5.31. The molecule has 0 heterocycles. The van der Waals surface area contributed by atoms with Crippen LogP contribution >= 0.6 is 11.6 Å². The van der Waals surface area contributed by atoms with Crippen LogP contribution in [0.4, 0.5) is 0 Å². The molecule has 1 saturated carbocycles. The largest absolute Gasteiger partial charge is 0.281 e. The Morgan fingerprint density at radius 3 is 2.58 bits per heavy atom. The van der Waals surface area contributed by atoms with Crippen LogP contribution in [-0.4, -0.2) is 5.24 Å². The van der Waals surface area contributed by atoms with E-state index in [0.717, 1.165) is 18.8 Å². The van der Waals surface area contributed by atoms with E-state index in [-0.39, 0.29) is 11.2 Å². The minimum absolute atomic E-state index is 0.123. The van der Waals surface area contributed by atoms with E-state index in [9.17, 15) is 4.79 Å². The van der Waals surface area contributed by atoms with Crippen molar-refractivity contribution in [1.29, 1.82) is 0 Å². The van der Waals surface area contributed by atoms with Crippen LogP contribution < -0.4 is 0 Å². The lowest BCUT2D eigenvalue weighted by Crippen LogP contribution is -2.27. The van der Waals surface area contributed by atoms with Crippen LogP contribution in [0.2, 0.25) is 0 Å². The van der Waals surface area contributed by atoms with Crippen molar-refractivity contribution in [3.05, 3.63) is 0 Å². The fourth-order valence-electron chi connectivity index (χ4n) is 1.84. The predicted molar refractivity (Wildman–Crippen MR) is 51.2 cm³/mol. The molecule has 70 valence electrons. The minimum Gasteiger partial charge on any atom is -0.281 e. The van der Waals surface area contributed by atoms with E-state index in [4.69, 9.17) is 11.6 Å². The van der Waals surface area contributed by atoms with Gasteiger partial charge in [-0.15, -0.1) is 0 Å². The first-order chi connectivity index (χ1) is 5.74. The van der Waals surface area contributed by atoms with Gasteiger partial charge in [0.25, 0.3) is 0 Å². The van der Waals surface area contributed by atoms with E-state index in [0.29, 0.717) is 0 Å². The summed E-state index contributed by atoms with van der Waals surface area (Å²) in [4.78, 5) is 10.7. The number of hydrogen-bond acceptors (Lipinski definition) is 1. The van der Waals surface area contributed by atoms with Gasteiger partial charge < -0.3 is 0 Å². The highest BCUT2D eigenvalue weighted by atomic mass is 35.5. The number of hydrogen-bond donors (Lipinski definition) is 0. The second-order valence-corrected chi connectivity index (χ2v) is 4.21. The van der Waals surface area contributed by atoms with Gasteiger partial charge in [-0.2, -0.15) is 0 Å². The van der Waals surface area contributed by atoms with E-state index < -0.39 is 0 Å². The Labute approximate surface area is 79.5 Å². The lowest BCUT2D eigenvalue weighted by Gasteiger charge is -2.32. The van der Waals surface area contributed by atoms with E-state index in [1.807, 2.05) is 0 Å². The highest BCUT2D eigenvalue weighted by molar-refractivity contribution is 6.64. The van der Waals surface area contributed by atoms with Crippen molar-refractivity contribution in [3.8, 4) is 0 Å². The zero-order chi connectivity index (χ0) is 8.97. The molecular weight excluding hydrogens is 172 g/mol. The number of carbonyl (C=O) groups is 1. The molecule has 1 nitrogen and oxygen atoms in total. The van der Waals surface area contributed by atoms with Crippen LogP contribution in [0.15, 0.2) is 0 Å². The van der Waals surface area contributed by atoms with E-state index >= 15 is 0 Å². The number of rotatable bonds is 5. The van der Waals surface area contributed by atoms with E-state index in [1.54, 1.807) is 0 Å². The Morgan fingerprint density at radius 1 is 1.42 bits per heavy atom. The Balaban J connectivity index is 1.98. The fourth-order valence-corrected chi connectivity index (χ4v) is 2.02. The van der Waals surface area contributed by atoms with Gasteiger partial charge in [0.15, 0.2) is 0 Å². The first kappa shape index (κ1) is 10.0. The Kier molecular flexibility index (Phi) is 4.07. The molecule has 0 amide bonds. The molecule has 1 fully saturated rings. The van der Waals surface area contributed by atoms with Crippen LogP contribution in [0.3, 0.4) is 0 Å². The van der Waals surface area contributed by atoms with Crippen molar-refractivity contribution < 1.29 is 4.79 Å². The average molecular weight is 189 g/mol. The minimum atomic E-state index is -0.123. The fraction of sp³-hybridized carbons (Fsp3) is 0.900. The predicted octanol–water partition coefficient (Wildman–Crippen LogP) is 3.36. The van der Waals surface area contributed by atoms with Gasteiger partial charge in [-0.25, -0.2) is 0 Å². The van der Waals surface area contributed by atoms with Gasteiger partial charge in [0.05, 0.1) is 0 Å². The molecule has 0 atom stereocenters. The lowest BCUT2D eigenvalue weighted by molar-refractivity contribution is -0.118. The van der Waals surface area contributed by atoms with Crippen LogP contribution in [0.5, 0.6) is 0 Å². The lowest BCUT2D eigenvalue weighted by atomic mass is 9.73. The van der Waals surface area contributed by atoms with E-state index in [2.05, 4.69) is 6.92 Å². The summed E-state index contributed by atoms with van der Waals surface area (Å²) in [6.07, 6.45) is 7.33. The molecule has 0 aromatic heterocycles. The molecule has 1 rings (SSSR count). The molecule has 0 radical (unpaired) electrons. The highest BCUT2D eigenvalue weighted by Crippen LogP contribution is 2.38. The molecule has 0 N–H and O–H groups in total. The molecule has 0 unspecified atom stereocenters. The van der Waals surface area contributed by atoms with Crippen LogP contribution in [-0.2, 0) is 4.79 Å². The SMILES string of the molecule is CCCCC[C@H]1C[C@@H](C(=O)Cl)C1. The van der Waals surface area contributed by atoms with Crippen molar-refractivity contribution >= 4 is 16.8 Å². The molecule has 0 saturated heterocycles. The maximum absolute atomic E-state index is 10.7. The standard InChI is InChI=1S/C10H17ClO/c1-2-3-4-5-8-6-9(7-8)10(11)12/h8-9H,2-7H2,1H3/t8-,9+. The smallest absolute Gasteiger partial charge is 0.224 e. The summed E-state index contributed by atoms with van der Waals surface area (Å²) in [7, 11) is 0. The normalized spacial score (nSPS) is 28.2. The molecule has 1 aliphatic carbocycles. The third-order valence-electron chi connectivity index (χ3n) is 2.77. The number of carbonyl (C=O) groups excluding carboxylic acids is 1. The monoisotopic (exact) mass is 188 g/mol. The van der Waals surface area contributed by atoms with Gasteiger partial charge in [-0.3, -0.25) is 4.79 Å². The summed E-state index contributed by atoms with van der Waals surface area (Å²) in [6.45, 7) is 2.21. The van der Waals surface area contributed by atoms with Crippen LogP contribution in [0.1, 0.15) is 45.4 Å². The maximum atomic E-state index is 10.7. The summed E-state index contributed by atoms with van der Waals surface area (Å²) in [6, 6.07) is 0. The number of halogens is 1. The Morgan fingerprint density at radius 2 is 2.08 bits per heavy atom. The molecule has 0 aromatic rings. The highest BCUT2D eigenvalue weighted by Gasteiger charge is 2.32. The summed E-state index contributed by atoms with van der Waals surface area (Å²) in [5, 5.41) is -0.123. The van der Waals surface area contributed by atoms with Gasteiger partial charge >= 0.3 is 0 Å². The summed E-state index contributed by atoms with van der Waals surface area (Å²) >= 11 is 5.37. The second kappa shape index (κ2) is 4.86. The summed E-state index contributed by atoms with van der Waals surface area (Å²) < 4.78 is 0. The summed E-state index contributed by atoms with van der Waals surface area (Å²) in [5.74, 6) is 0.988. The maximum Gasteiger partial charge on any atom is 0.224 e. The van der Waals surface area contributed by atoms with Crippen molar-refractivity contribution in [2.24, 2.45) is 11.8 Å². The van der Waals surface area contributed by atoms with Crippen molar-refractivity contribution in [3.63, 3.8) is 0 Å². The van der Waals surface area contributed by atoms with Gasteiger partial charge in [-0.1, -0.05) is 32.6 Å². The zero-order valence-corrected chi connectivity index (χ0v) is 8.44. The van der Waals surface area contributed by atoms with Crippen molar-refractivity contribution in [2.75, 3.05) is 0 Å². The molecule has 2 heteroatoms. The third kappa shape index (κ3) is 2.78. The van der Waals surface area contributed by atoms with E-state index in [1.165, 1.54) is 25.7 Å². The topological polar surface area (TPSA) is 17.1 Å². The molecule has 1 aliphatic rings. The summed E-state index contributed by atoms with van der Waals surface area (Å²) in [5.41, 5.74) is 0. The van der Waals surface area contributed by atoms with Crippen molar-refractivity contribution in [1.82, 2.24) is 0 Å². The van der Waals surface area contributed by atoms with Crippen LogP contribution in [0.25, 0.3) is 0 Å². The van der Waals surface area contributed by atoms with Gasteiger partial charge in [-0.05, 0) is 30.4 Å². The first-order valence-electron chi connectivity index (χ1n) is 4.93. The van der Waals surface area contributed by atoms with Crippen molar-refractivity contribution in [2.45, 2.75) is 45.4 Å². The molecule has 12 heavy (non-hydrogen) atoms. The third-order valence-corrected chi connectivity index (χ3v) is 3.08. The Bertz CT molecular complexity index is 150. The molecular formula is C10H17ClO. The molecule has 0 aliphatic heterocycles. The van der Waals surface area contributed by atoms with Gasteiger partial charge in [0.2, 0.25) is 5.24 Å². The molecule has 0 spiro atoms.